The molecule has 176 valence electrons. The summed E-state index contributed by atoms with van der Waals surface area (Å²) in [5, 5.41) is 17.2. The Kier molecular flexibility index (Phi) is 7.52. The molecule has 0 bridgehead atoms. The first-order valence-electron chi connectivity index (χ1n) is 11.0. The van der Waals surface area contributed by atoms with Crippen molar-refractivity contribution in [2.75, 3.05) is 35.7 Å². The number of anilines is 3. The number of benzene rings is 2. The van der Waals surface area contributed by atoms with Gasteiger partial charge in [0.1, 0.15) is 11.4 Å². The summed E-state index contributed by atoms with van der Waals surface area (Å²) >= 11 is 0. The number of rotatable bonds is 7. The molecule has 2 N–H and O–H groups in total. The van der Waals surface area contributed by atoms with Crippen molar-refractivity contribution in [1.82, 2.24) is 0 Å². The first-order valence-corrected chi connectivity index (χ1v) is 11.0. The van der Waals surface area contributed by atoms with Crippen molar-refractivity contribution >= 4 is 34.6 Å². The van der Waals surface area contributed by atoms with Crippen molar-refractivity contribution < 1.29 is 19.2 Å². The highest BCUT2D eigenvalue weighted by Gasteiger charge is 2.25. The van der Waals surface area contributed by atoms with Crippen LogP contribution in [0.4, 0.5) is 22.7 Å². The van der Waals surface area contributed by atoms with Crippen molar-refractivity contribution in [3.05, 3.63) is 52.1 Å². The predicted molar refractivity (Wildman–Crippen MR) is 128 cm³/mol. The molecule has 0 aliphatic carbocycles. The van der Waals surface area contributed by atoms with E-state index in [9.17, 15) is 19.7 Å². The van der Waals surface area contributed by atoms with Gasteiger partial charge >= 0.3 is 0 Å². The first kappa shape index (κ1) is 24.0. The number of nitro benzene ring substituents is 1. The fourth-order valence-corrected chi connectivity index (χ4v) is 3.68. The zero-order valence-electron chi connectivity index (χ0n) is 19.4. The summed E-state index contributed by atoms with van der Waals surface area (Å²) in [6, 6.07) is 9.42. The summed E-state index contributed by atoms with van der Waals surface area (Å²) in [6.45, 7) is 7.26. The zero-order valence-corrected chi connectivity index (χ0v) is 19.4. The summed E-state index contributed by atoms with van der Waals surface area (Å²) < 4.78 is 5.33. The van der Waals surface area contributed by atoms with E-state index >= 15 is 0 Å². The van der Waals surface area contributed by atoms with Crippen LogP contribution in [-0.4, -0.2) is 36.9 Å². The molecule has 2 aromatic rings. The fourth-order valence-electron chi connectivity index (χ4n) is 3.68. The molecule has 1 heterocycles. The van der Waals surface area contributed by atoms with Crippen molar-refractivity contribution in [1.29, 1.82) is 0 Å². The van der Waals surface area contributed by atoms with Crippen molar-refractivity contribution in [2.45, 2.75) is 33.6 Å². The standard InChI is InChI=1S/C24H30N4O5/c1-15(2)23(29)26-19-7-6-18(14-22(19)33-4)25-24(30)17-5-8-20(21(13-17)28(31)32)27-11-9-16(3)10-12-27/h5-8,13-16H,9-12H2,1-4H3,(H,25,30)(H,26,29). The quantitative estimate of drug-likeness (QED) is 0.464. The topological polar surface area (TPSA) is 114 Å². The molecule has 1 aliphatic rings. The number of piperidine rings is 1. The van der Waals surface area contributed by atoms with Crippen LogP contribution in [0.3, 0.4) is 0 Å². The third-order valence-corrected chi connectivity index (χ3v) is 5.80. The summed E-state index contributed by atoms with van der Waals surface area (Å²) in [5.74, 6) is 0.176. The molecule has 1 aliphatic heterocycles. The zero-order chi connectivity index (χ0) is 24.1. The highest BCUT2D eigenvalue weighted by molar-refractivity contribution is 6.05. The van der Waals surface area contributed by atoms with Gasteiger partial charge < -0.3 is 20.3 Å². The minimum Gasteiger partial charge on any atom is -0.494 e. The van der Waals surface area contributed by atoms with Crippen molar-refractivity contribution in [3.63, 3.8) is 0 Å². The second-order valence-corrected chi connectivity index (χ2v) is 8.64. The molecule has 2 aromatic carbocycles. The summed E-state index contributed by atoms with van der Waals surface area (Å²) in [5.41, 5.74) is 1.57. The van der Waals surface area contributed by atoms with E-state index < -0.39 is 10.8 Å². The van der Waals surface area contributed by atoms with E-state index in [4.69, 9.17) is 4.74 Å². The van der Waals surface area contributed by atoms with Crippen LogP contribution in [0.2, 0.25) is 0 Å². The molecule has 9 nitrogen and oxygen atoms in total. The van der Waals surface area contributed by atoms with Gasteiger partial charge in [-0.05, 0) is 43.0 Å². The van der Waals surface area contributed by atoms with Gasteiger partial charge in [0.05, 0.1) is 17.7 Å². The molecule has 1 saturated heterocycles. The molecule has 0 spiro atoms. The normalized spacial score (nSPS) is 14.2. The first-order chi connectivity index (χ1) is 15.7. The van der Waals surface area contributed by atoms with E-state index in [2.05, 4.69) is 17.6 Å². The van der Waals surface area contributed by atoms with Crippen LogP contribution < -0.4 is 20.3 Å². The van der Waals surface area contributed by atoms with E-state index in [1.165, 1.54) is 13.2 Å². The lowest BCUT2D eigenvalue weighted by molar-refractivity contribution is -0.384. The van der Waals surface area contributed by atoms with Crippen molar-refractivity contribution in [3.8, 4) is 5.75 Å². The van der Waals surface area contributed by atoms with Gasteiger partial charge in [-0.1, -0.05) is 20.8 Å². The van der Waals surface area contributed by atoms with E-state index in [1.807, 2.05) is 4.90 Å². The van der Waals surface area contributed by atoms with Gasteiger partial charge in [0.15, 0.2) is 0 Å². The van der Waals surface area contributed by atoms with Gasteiger partial charge in [-0.25, -0.2) is 0 Å². The molecule has 1 fully saturated rings. The van der Waals surface area contributed by atoms with Gasteiger partial charge in [0.2, 0.25) is 5.91 Å². The Morgan fingerprint density at radius 1 is 1.12 bits per heavy atom. The molecule has 0 radical (unpaired) electrons. The predicted octanol–water partition coefficient (Wildman–Crippen LogP) is 4.69. The number of nitrogens with one attached hydrogen (secondary N) is 2. The molecular formula is C24H30N4O5. The van der Waals surface area contributed by atoms with E-state index in [0.717, 1.165) is 25.9 Å². The van der Waals surface area contributed by atoms with Crippen LogP contribution in [0, 0.1) is 22.0 Å². The van der Waals surface area contributed by atoms with E-state index in [1.54, 1.807) is 44.2 Å². The Labute approximate surface area is 193 Å². The molecule has 2 amide bonds. The number of nitrogens with zero attached hydrogens (tertiary/aromatic N) is 2. The molecule has 0 unspecified atom stereocenters. The van der Waals surface area contributed by atoms with Gasteiger partial charge in [-0.3, -0.25) is 19.7 Å². The third kappa shape index (κ3) is 5.79. The number of methoxy groups -OCH3 is 1. The number of carbonyl (C=O) groups excluding carboxylic acids is 2. The number of amides is 2. The maximum Gasteiger partial charge on any atom is 0.293 e. The number of hydrogen-bond donors (Lipinski definition) is 2. The van der Waals surface area contributed by atoms with Crippen LogP contribution >= 0.6 is 0 Å². The molecule has 0 saturated carbocycles. The summed E-state index contributed by atoms with van der Waals surface area (Å²) in [6.07, 6.45) is 1.96. The van der Waals surface area contributed by atoms with E-state index in [0.29, 0.717) is 28.7 Å². The van der Waals surface area contributed by atoms with Crippen LogP contribution in [0.1, 0.15) is 44.0 Å². The lowest BCUT2D eigenvalue weighted by Crippen LogP contribution is -2.33. The molecule has 9 heteroatoms. The highest BCUT2D eigenvalue weighted by atomic mass is 16.6. The highest BCUT2D eigenvalue weighted by Crippen LogP contribution is 2.33. The maximum atomic E-state index is 12.8. The average Bonchev–Trinajstić information content (AvgIpc) is 2.79. The smallest absolute Gasteiger partial charge is 0.293 e. The lowest BCUT2D eigenvalue weighted by Gasteiger charge is -2.31. The second kappa shape index (κ2) is 10.3. The molecule has 3 rings (SSSR count). The van der Waals surface area contributed by atoms with Crippen LogP contribution in [0.25, 0.3) is 0 Å². The Morgan fingerprint density at radius 3 is 2.42 bits per heavy atom. The fraction of sp³-hybridized carbons (Fsp3) is 0.417. The Hall–Kier alpha value is -3.62. The van der Waals surface area contributed by atoms with Crippen LogP contribution in [0.15, 0.2) is 36.4 Å². The van der Waals surface area contributed by atoms with Gasteiger partial charge in [0, 0.05) is 42.4 Å². The molecule has 33 heavy (non-hydrogen) atoms. The number of nitro groups is 1. The van der Waals surface area contributed by atoms with Crippen LogP contribution in [0.5, 0.6) is 5.75 Å². The molecular weight excluding hydrogens is 424 g/mol. The summed E-state index contributed by atoms with van der Waals surface area (Å²) in [7, 11) is 1.47. The van der Waals surface area contributed by atoms with Gasteiger partial charge in [-0.15, -0.1) is 0 Å². The average molecular weight is 455 g/mol. The monoisotopic (exact) mass is 454 g/mol. The Morgan fingerprint density at radius 2 is 1.82 bits per heavy atom. The molecule has 0 atom stereocenters. The summed E-state index contributed by atoms with van der Waals surface area (Å²) in [4.78, 5) is 38.1. The Bertz CT molecular complexity index is 1050. The number of hydrogen-bond acceptors (Lipinski definition) is 6. The maximum absolute atomic E-state index is 12.8. The Balaban J connectivity index is 1.79. The van der Waals surface area contributed by atoms with Crippen molar-refractivity contribution in [2.24, 2.45) is 11.8 Å². The van der Waals surface area contributed by atoms with Gasteiger partial charge in [-0.2, -0.15) is 0 Å². The minimum absolute atomic E-state index is 0.0819. The SMILES string of the molecule is COc1cc(NC(=O)c2ccc(N3CCC(C)CC3)c([N+](=O)[O-])c2)ccc1NC(=O)C(C)C. The minimum atomic E-state index is -0.474. The lowest BCUT2D eigenvalue weighted by atomic mass is 9.98. The second-order valence-electron chi connectivity index (χ2n) is 8.64. The number of ether oxygens (including phenoxy) is 1. The molecule has 0 aromatic heterocycles. The largest absolute Gasteiger partial charge is 0.494 e. The number of carbonyl (C=O) groups is 2. The van der Waals surface area contributed by atoms with E-state index in [-0.39, 0.29) is 23.1 Å². The third-order valence-electron chi connectivity index (χ3n) is 5.80. The van der Waals surface area contributed by atoms with Gasteiger partial charge in [0.25, 0.3) is 11.6 Å². The van der Waals surface area contributed by atoms with Crippen LogP contribution in [-0.2, 0) is 4.79 Å².